The maximum Gasteiger partial charge on any atom is 0.119 e. The molecule has 0 aromatic carbocycles. The summed E-state index contributed by atoms with van der Waals surface area (Å²) in [4.78, 5) is 9.68. The standard InChI is InChI=1S/C6H12O.Ru/c1-2-3-4-5-6-7;/h6H,2-5H2,1H3;. The summed E-state index contributed by atoms with van der Waals surface area (Å²) in [5.41, 5.74) is 0. The second-order valence-electron chi connectivity index (χ2n) is 1.66. The maximum absolute atomic E-state index is 9.68. The van der Waals surface area contributed by atoms with Crippen LogP contribution >= 0.6 is 0 Å². The Balaban J connectivity index is 0. The Labute approximate surface area is 63.6 Å². The fourth-order valence-electron chi connectivity index (χ4n) is 0.478. The molecule has 0 unspecified atom stereocenters. The van der Waals surface area contributed by atoms with Gasteiger partial charge in [0.05, 0.1) is 0 Å². The van der Waals surface area contributed by atoms with Gasteiger partial charge in [-0.2, -0.15) is 0 Å². The van der Waals surface area contributed by atoms with Crippen LogP contribution in [0.5, 0.6) is 0 Å². The second kappa shape index (κ2) is 10.3. The van der Waals surface area contributed by atoms with Crippen molar-refractivity contribution in [3.63, 3.8) is 0 Å². The van der Waals surface area contributed by atoms with E-state index in [0.29, 0.717) is 0 Å². The predicted molar refractivity (Wildman–Crippen MR) is 30.2 cm³/mol. The van der Waals surface area contributed by atoms with Crippen LogP contribution in [0, 0.1) is 0 Å². The molecule has 0 heterocycles. The Kier molecular flexibility index (Phi) is 14.4. The Hall–Kier alpha value is 0.293. The molecule has 2 heteroatoms. The first-order valence-electron chi connectivity index (χ1n) is 2.85. The van der Waals surface area contributed by atoms with Crippen LogP contribution in [0.2, 0.25) is 0 Å². The summed E-state index contributed by atoms with van der Waals surface area (Å²) in [5, 5.41) is 0. The van der Waals surface area contributed by atoms with Gasteiger partial charge in [-0.1, -0.05) is 19.8 Å². The summed E-state index contributed by atoms with van der Waals surface area (Å²) in [6.45, 7) is 2.13. The predicted octanol–water partition coefficient (Wildman–Crippen LogP) is 1.76. The van der Waals surface area contributed by atoms with Crippen molar-refractivity contribution in [2.24, 2.45) is 0 Å². The van der Waals surface area contributed by atoms with E-state index < -0.39 is 0 Å². The zero-order chi connectivity index (χ0) is 5.54. The molecule has 0 saturated carbocycles. The van der Waals surface area contributed by atoms with Gasteiger partial charge in [0.15, 0.2) is 0 Å². The fraction of sp³-hybridized carbons (Fsp3) is 0.833. The maximum atomic E-state index is 9.68. The van der Waals surface area contributed by atoms with Crippen LogP contribution in [0.25, 0.3) is 0 Å². The molecule has 0 aliphatic rings. The van der Waals surface area contributed by atoms with Crippen LogP contribution in [0.3, 0.4) is 0 Å². The van der Waals surface area contributed by atoms with Crippen molar-refractivity contribution in [3.8, 4) is 0 Å². The molecule has 0 aromatic rings. The quantitative estimate of drug-likeness (QED) is 0.385. The molecule has 0 radical (unpaired) electrons. The third-order valence-electron chi connectivity index (χ3n) is 0.926. The Morgan fingerprint density at radius 2 is 2.00 bits per heavy atom. The van der Waals surface area contributed by atoms with Crippen molar-refractivity contribution in [2.45, 2.75) is 32.6 Å². The molecule has 0 atom stereocenters. The SMILES string of the molecule is CCCCCC=O.[Ru]. The van der Waals surface area contributed by atoms with Crippen molar-refractivity contribution < 1.29 is 24.3 Å². The minimum atomic E-state index is 0. The number of carbonyl (C=O) groups excluding carboxylic acids is 1. The molecular formula is C6H12ORu. The first-order chi connectivity index (χ1) is 3.41. The van der Waals surface area contributed by atoms with Crippen molar-refractivity contribution in [1.82, 2.24) is 0 Å². The van der Waals surface area contributed by atoms with Gasteiger partial charge in [0, 0.05) is 25.9 Å². The topological polar surface area (TPSA) is 17.1 Å². The number of rotatable bonds is 4. The van der Waals surface area contributed by atoms with E-state index >= 15 is 0 Å². The molecular weight excluding hydrogens is 189 g/mol. The smallest absolute Gasteiger partial charge is 0.119 e. The van der Waals surface area contributed by atoms with Crippen molar-refractivity contribution in [3.05, 3.63) is 0 Å². The van der Waals surface area contributed by atoms with E-state index in [-0.39, 0.29) is 19.5 Å². The van der Waals surface area contributed by atoms with Crippen molar-refractivity contribution in [2.75, 3.05) is 0 Å². The fourth-order valence-corrected chi connectivity index (χ4v) is 0.478. The van der Waals surface area contributed by atoms with Crippen molar-refractivity contribution in [1.29, 1.82) is 0 Å². The zero-order valence-electron chi connectivity index (χ0n) is 5.17. The molecule has 0 spiro atoms. The molecule has 0 aliphatic carbocycles. The Morgan fingerprint density at radius 3 is 2.38 bits per heavy atom. The van der Waals surface area contributed by atoms with E-state index in [2.05, 4.69) is 6.92 Å². The van der Waals surface area contributed by atoms with Crippen LogP contribution in [-0.2, 0) is 24.3 Å². The van der Waals surface area contributed by atoms with E-state index in [1.54, 1.807) is 0 Å². The minimum Gasteiger partial charge on any atom is -0.303 e. The van der Waals surface area contributed by atoms with E-state index in [1.807, 2.05) is 0 Å². The monoisotopic (exact) mass is 202 g/mol. The van der Waals surface area contributed by atoms with Gasteiger partial charge in [-0.05, 0) is 6.42 Å². The first-order valence-corrected chi connectivity index (χ1v) is 2.85. The summed E-state index contributed by atoms with van der Waals surface area (Å²) in [6.07, 6.45) is 5.19. The summed E-state index contributed by atoms with van der Waals surface area (Å²) in [5.74, 6) is 0. The summed E-state index contributed by atoms with van der Waals surface area (Å²) in [6, 6.07) is 0. The molecule has 0 aromatic heterocycles. The second-order valence-corrected chi connectivity index (χ2v) is 1.66. The van der Waals surface area contributed by atoms with E-state index in [1.165, 1.54) is 12.8 Å². The van der Waals surface area contributed by atoms with Gasteiger partial charge >= 0.3 is 0 Å². The normalized spacial score (nSPS) is 7.62. The molecule has 0 bridgehead atoms. The van der Waals surface area contributed by atoms with Crippen LogP contribution in [0.4, 0.5) is 0 Å². The molecule has 1 nitrogen and oxygen atoms in total. The molecule has 0 aliphatic heterocycles. The Morgan fingerprint density at radius 1 is 1.38 bits per heavy atom. The van der Waals surface area contributed by atoms with Gasteiger partial charge in [0.1, 0.15) is 6.29 Å². The molecule has 8 heavy (non-hydrogen) atoms. The van der Waals surface area contributed by atoms with Crippen LogP contribution < -0.4 is 0 Å². The van der Waals surface area contributed by atoms with Crippen molar-refractivity contribution >= 4 is 6.29 Å². The number of carbonyl (C=O) groups is 1. The summed E-state index contributed by atoms with van der Waals surface area (Å²) >= 11 is 0. The number of hydrogen-bond acceptors (Lipinski definition) is 1. The zero-order valence-corrected chi connectivity index (χ0v) is 6.91. The molecule has 0 saturated heterocycles. The number of hydrogen-bond donors (Lipinski definition) is 0. The van der Waals surface area contributed by atoms with Gasteiger partial charge in [-0.3, -0.25) is 0 Å². The average Bonchev–Trinajstić information content (AvgIpc) is 1.69. The van der Waals surface area contributed by atoms with Crippen LogP contribution in [0.1, 0.15) is 32.6 Å². The van der Waals surface area contributed by atoms with Gasteiger partial charge in [-0.25, -0.2) is 0 Å². The average molecular weight is 201 g/mol. The van der Waals surface area contributed by atoms with E-state index in [4.69, 9.17) is 0 Å². The number of unbranched alkanes of at least 4 members (excludes halogenated alkanes) is 3. The van der Waals surface area contributed by atoms with Gasteiger partial charge in [0.2, 0.25) is 0 Å². The largest absolute Gasteiger partial charge is 0.303 e. The van der Waals surface area contributed by atoms with Gasteiger partial charge in [0.25, 0.3) is 0 Å². The van der Waals surface area contributed by atoms with Gasteiger partial charge < -0.3 is 4.79 Å². The summed E-state index contributed by atoms with van der Waals surface area (Å²) in [7, 11) is 0. The van der Waals surface area contributed by atoms with E-state index in [9.17, 15) is 4.79 Å². The third kappa shape index (κ3) is 9.57. The Bertz CT molecular complexity index is 45.8. The third-order valence-corrected chi connectivity index (χ3v) is 0.926. The molecule has 0 fully saturated rings. The van der Waals surface area contributed by atoms with E-state index in [0.717, 1.165) is 19.1 Å². The minimum absolute atomic E-state index is 0. The molecule has 0 amide bonds. The van der Waals surface area contributed by atoms with Crippen LogP contribution in [-0.4, -0.2) is 6.29 Å². The first kappa shape index (κ1) is 11.1. The summed E-state index contributed by atoms with van der Waals surface area (Å²) < 4.78 is 0. The molecule has 0 N–H and O–H groups in total. The van der Waals surface area contributed by atoms with Crippen LogP contribution in [0.15, 0.2) is 0 Å². The molecule has 50 valence electrons. The van der Waals surface area contributed by atoms with Gasteiger partial charge in [-0.15, -0.1) is 0 Å². The molecule has 0 rings (SSSR count). The number of aldehydes is 1.